The lowest BCUT2D eigenvalue weighted by Gasteiger charge is -2.05. The molecule has 1 aromatic rings. The fourth-order valence-corrected chi connectivity index (χ4v) is 1.53. The Morgan fingerprint density at radius 1 is 1.41 bits per heavy atom. The first-order valence-corrected chi connectivity index (χ1v) is 5.45. The van der Waals surface area contributed by atoms with Gasteiger partial charge >= 0.3 is 0 Å². The van der Waals surface area contributed by atoms with Gasteiger partial charge in [-0.3, -0.25) is 14.3 Å². The van der Waals surface area contributed by atoms with Crippen molar-refractivity contribution in [1.29, 1.82) is 0 Å². The van der Waals surface area contributed by atoms with Gasteiger partial charge in [-0.25, -0.2) is 5.48 Å². The molecule has 1 rings (SSSR count). The number of hydrogen-bond donors (Lipinski definition) is 1. The zero-order chi connectivity index (χ0) is 12.8. The Hall–Kier alpha value is -1.40. The summed E-state index contributed by atoms with van der Waals surface area (Å²) in [5, 5.41) is 4.25. The van der Waals surface area contributed by atoms with Crippen LogP contribution in [0.25, 0.3) is 0 Å². The minimum atomic E-state index is -0.180. The molecule has 1 N–H and O–H groups in total. The molecule has 0 aromatic carbocycles. The van der Waals surface area contributed by atoms with Crippen molar-refractivity contribution in [3.63, 3.8) is 0 Å². The Morgan fingerprint density at radius 3 is 2.65 bits per heavy atom. The summed E-state index contributed by atoms with van der Waals surface area (Å²) in [4.78, 5) is 16.5. The molecule has 0 aliphatic rings. The molecule has 6 heteroatoms. The van der Waals surface area contributed by atoms with Gasteiger partial charge in [0.25, 0.3) is 0 Å². The lowest BCUT2D eigenvalue weighted by molar-refractivity contribution is -0.133. The van der Waals surface area contributed by atoms with E-state index >= 15 is 0 Å². The molecule has 1 amide bonds. The molecule has 1 aromatic heterocycles. The Bertz CT molecular complexity index is 388. The van der Waals surface area contributed by atoms with Crippen molar-refractivity contribution in [2.75, 3.05) is 20.3 Å². The molecule has 0 aliphatic carbocycles. The van der Waals surface area contributed by atoms with Crippen molar-refractivity contribution in [2.24, 2.45) is 7.05 Å². The third-order valence-corrected chi connectivity index (χ3v) is 2.57. The highest BCUT2D eigenvalue weighted by Gasteiger charge is 2.13. The highest BCUT2D eigenvalue weighted by molar-refractivity contribution is 5.78. The fraction of sp³-hybridized carbons (Fsp3) is 0.636. The van der Waals surface area contributed by atoms with E-state index in [0.717, 1.165) is 17.0 Å². The maximum Gasteiger partial charge on any atom is 0.248 e. The molecule has 0 bridgehead atoms. The zero-order valence-corrected chi connectivity index (χ0v) is 10.7. The van der Waals surface area contributed by atoms with Crippen molar-refractivity contribution in [3.8, 4) is 0 Å². The standard InChI is InChI=1S/C11H19N3O3/c1-8-10(9(2)14(3)12-8)7-11(15)13-17-6-5-16-4/h5-7H2,1-4H3,(H,13,15). The number of carbonyl (C=O) groups is 1. The van der Waals surface area contributed by atoms with Crippen molar-refractivity contribution >= 4 is 5.91 Å². The second kappa shape index (κ2) is 6.36. The summed E-state index contributed by atoms with van der Waals surface area (Å²) in [5.41, 5.74) is 5.19. The Morgan fingerprint density at radius 2 is 2.12 bits per heavy atom. The summed E-state index contributed by atoms with van der Waals surface area (Å²) in [7, 11) is 3.44. The number of nitrogens with one attached hydrogen (secondary N) is 1. The van der Waals surface area contributed by atoms with E-state index in [1.165, 1.54) is 0 Å². The van der Waals surface area contributed by atoms with Crippen LogP contribution in [0.4, 0.5) is 0 Å². The van der Waals surface area contributed by atoms with Gasteiger partial charge in [0.15, 0.2) is 0 Å². The molecule has 0 unspecified atom stereocenters. The van der Waals surface area contributed by atoms with E-state index in [2.05, 4.69) is 10.6 Å². The summed E-state index contributed by atoms with van der Waals surface area (Å²) >= 11 is 0. The minimum Gasteiger partial charge on any atom is -0.382 e. The zero-order valence-electron chi connectivity index (χ0n) is 10.7. The van der Waals surface area contributed by atoms with E-state index < -0.39 is 0 Å². The summed E-state index contributed by atoms with van der Waals surface area (Å²) in [6, 6.07) is 0. The normalized spacial score (nSPS) is 10.6. The largest absolute Gasteiger partial charge is 0.382 e. The molecule has 0 saturated carbocycles. The van der Waals surface area contributed by atoms with Crippen LogP contribution in [-0.2, 0) is 27.8 Å². The highest BCUT2D eigenvalue weighted by Crippen LogP contribution is 2.12. The van der Waals surface area contributed by atoms with Crippen molar-refractivity contribution in [3.05, 3.63) is 17.0 Å². The predicted molar refractivity (Wildman–Crippen MR) is 62.4 cm³/mol. The molecule has 6 nitrogen and oxygen atoms in total. The van der Waals surface area contributed by atoms with Gasteiger partial charge in [0.05, 0.1) is 25.3 Å². The van der Waals surface area contributed by atoms with Gasteiger partial charge in [0, 0.05) is 25.4 Å². The van der Waals surface area contributed by atoms with Crippen LogP contribution in [0.15, 0.2) is 0 Å². The average Bonchev–Trinajstić information content (AvgIpc) is 2.52. The van der Waals surface area contributed by atoms with Crippen LogP contribution in [0.5, 0.6) is 0 Å². The Kier molecular flexibility index (Phi) is 5.11. The van der Waals surface area contributed by atoms with Gasteiger partial charge in [-0.15, -0.1) is 0 Å². The first-order valence-electron chi connectivity index (χ1n) is 5.45. The van der Waals surface area contributed by atoms with Gasteiger partial charge in [-0.05, 0) is 13.8 Å². The van der Waals surface area contributed by atoms with Gasteiger partial charge in [0.1, 0.15) is 0 Å². The lowest BCUT2D eigenvalue weighted by atomic mass is 10.1. The van der Waals surface area contributed by atoms with E-state index in [0.29, 0.717) is 13.2 Å². The molecule has 0 radical (unpaired) electrons. The van der Waals surface area contributed by atoms with Crippen LogP contribution < -0.4 is 5.48 Å². The summed E-state index contributed by atoms with van der Waals surface area (Å²) in [5.74, 6) is -0.180. The summed E-state index contributed by atoms with van der Waals surface area (Å²) in [6.07, 6.45) is 0.276. The highest BCUT2D eigenvalue weighted by atomic mass is 16.7. The number of nitrogens with zero attached hydrogens (tertiary/aromatic N) is 2. The van der Waals surface area contributed by atoms with Crippen LogP contribution in [0.1, 0.15) is 17.0 Å². The van der Waals surface area contributed by atoms with E-state index in [1.54, 1.807) is 11.8 Å². The Balaban J connectivity index is 2.45. The molecule has 17 heavy (non-hydrogen) atoms. The molecular weight excluding hydrogens is 222 g/mol. The smallest absolute Gasteiger partial charge is 0.248 e. The van der Waals surface area contributed by atoms with E-state index in [1.807, 2.05) is 20.9 Å². The maximum absolute atomic E-state index is 11.6. The monoisotopic (exact) mass is 241 g/mol. The van der Waals surface area contributed by atoms with Gasteiger partial charge in [-0.1, -0.05) is 0 Å². The molecular formula is C11H19N3O3. The quantitative estimate of drug-likeness (QED) is 0.573. The lowest BCUT2D eigenvalue weighted by Crippen LogP contribution is -2.27. The number of aryl methyl sites for hydroxylation is 2. The molecule has 0 aliphatic heterocycles. The third kappa shape index (κ3) is 3.83. The first-order chi connectivity index (χ1) is 8.06. The number of amides is 1. The third-order valence-electron chi connectivity index (χ3n) is 2.57. The number of rotatable bonds is 6. The second-order valence-electron chi connectivity index (χ2n) is 3.82. The fourth-order valence-electron chi connectivity index (χ4n) is 1.53. The van der Waals surface area contributed by atoms with Crippen LogP contribution >= 0.6 is 0 Å². The van der Waals surface area contributed by atoms with Crippen molar-refractivity contribution in [1.82, 2.24) is 15.3 Å². The van der Waals surface area contributed by atoms with Crippen molar-refractivity contribution in [2.45, 2.75) is 20.3 Å². The van der Waals surface area contributed by atoms with Gasteiger partial charge in [0.2, 0.25) is 5.91 Å². The molecule has 96 valence electrons. The number of hydrogen-bond acceptors (Lipinski definition) is 4. The second-order valence-corrected chi connectivity index (χ2v) is 3.82. The number of hydroxylamine groups is 1. The van der Waals surface area contributed by atoms with Crippen molar-refractivity contribution < 1.29 is 14.4 Å². The SMILES string of the molecule is COCCONC(=O)Cc1c(C)nn(C)c1C. The Labute approximate surface area is 101 Å². The number of aromatic nitrogens is 2. The van der Waals surface area contributed by atoms with Crippen LogP contribution in [-0.4, -0.2) is 36.0 Å². The van der Waals surface area contributed by atoms with Crippen LogP contribution in [0.3, 0.4) is 0 Å². The molecule has 0 atom stereocenters. The van der Waals surface area contributed by atoms with Gasteiger partial charge in [-0.2, -0.15) is 5.10 Å². The number of ether oxygens (including phenoxy) is 1. The average molecular weight is 241 g/mol. The summed E-state index contributed by atoms with van der Waals surface area (Å²) in [6.45, 7) is 4.62. The van der Waals surface area contributed by atoms with E-state index in [-0.39, 0.29) is 12.3 Å². The first kappa shape index (κ1) is 13.7. The number of carbonyl (C=O) groups excluding carboxylic acids is 1. The van der Waals surface area contributed by atoms with Crippen LogP contribution in [0.2, 0.25) is 0 Å². The molecule has 0 spiro atoms. The molecule has 0 saturated heterocycles. The summed E-state index contributed by atoms with van der Waals surface area (Å²) < 4.78 is 6.56. The molecule has 1 heterocycles. The van der Waals surface area contributed by atoms with E-state index in [9.17, 15) is 4.79 Å². The molecule has 0 fully saturated rings. The van der Waals surface area contributed by atoms with Gasteiger partial charge < -0.3 is 4.74 Å². The topological polar surface area (TPSA) is 65.4 Å². The predicted octanol–water partition coefficient (Wildman–Crippen LogP) is 0.274. The maximum atomic E-state index is 11.6. The minimum absolute atomic E-state index is 0.180. The van der Waals surface area contributed by atoms with E-state index in [4.69, 9.17) is 9.57 Å². The van der Waals surface area contributed by atoms with Crippen LogP contribution in [0, 0.1) is 13.8 Å². The number of methoxy groups -OCH3 is 1.